The van der Waals surface area contributed by atoms with Crippen LogP contribution in [0.2, 0.25) is 0 Å². The number of ether oxygens (including phenoxy) is 1. The maximum absolute atomic E-state index is 13.8. The summed E-state index contributed by atoms with van der Waals surface area (Å²) in [5.41, 5.74) is 4.29. The van der Waals surface area contributed by atoms with Gasteiger partial charge < -0.3 is 10.1 Å². The molecule has 0 saturated heterocycles. The van der Waals surface area contributed by atoms with Gasteiger partial charge in [-0.05, 0) is 36.6 Å². The van der Waals surface area contributed by atoms with Gasteiger partial charge in [-0.25, -0.2) is 4.39 Å². The van der Waals surface area contributed by atoms with E-state index < -0.39 is 0 Å². The van der Waals surface area contributed by atoms with Crippen molar-refractivity contribution < 1.29 is 9.13 Å². The van der Waals surface area contributed by atoms with Crippen molar-refractivity contribution in [3.8, 4) is 0 Å². The zero-order valence-corrected chi connectivity index (χ0v) is 11.5. The monoisotopic (exact) mass is 271 g/mol. The Bertz CT molecular complexity index is 612. The quantitative estimate of drug-likeness (QED) is 0.908. The molecule has 0 amide bonds. The lowest BCUT2D eigenvalue weighted by Crippen LogP contribution is -2.15. The fourth-order valence-electron chi connectivity index (χ4n) is 2.69. The van der Waals surface area contributed by atoms with Crippen molar-refractivity contribution in [2.45, 2.75) is 26.0 Å². The van der Waals surface area contributed by atoms with Crippen LogP contribution in [0.3, 0.4) is 0 Å². The van der Waals surface area contributed by atoms with Crippen molar-refractivity contribution in [1.29, 1.82) is 0 Å². The van der Waals surface area contributed by atoms with Crippen molar-refractivity contribution >= 4 is 5.69 Å². The molecule has 1 aliphatic rings. The molecule has 20 heavy (non-hydrogen) atoms. The van der Waals surface area contributed by atoms with E-state index in [1.165, 1.54) is 17.2 Å². The van der Waals surface area contributed by atoms with E-state index in [-0.39, 0.29) is 11.9 Å². The summed E-state index contributed by atoms with van der Waals surface area (Å²) in [6.07, 6.45) is 0.905. The Labute approximate surface area is 118 Å². The summed E-state index contributed by atoms with van der Waals surface area (Å²) in [6.45, 7) is 3.40. The number of hydrogen-bond donors (Lipinski definition) is 1. The van der Waals surface area contributed by atoms with Crippen LogP contribution >= 0.6 is 0 Å². The summed E-state index contributed by atoms with van der Waals surface area (Å²) < 4.78 is 19.3. The van der Waals surface area contributed by atoms with E-state index in [2.05, 4.69) is 17.4 Å². The average molecular weight is 271 g/mol. The summed E-state index contributed by atoms with van der Waals surface area (Å²) in [5, 5.41) is 3.43. The SMILES string of the molecule is CC(Nc1cccc2c1CCOC2)c1ccccc1F. The summed E-state index contributed by atoms with van der Waals surface area (Å²) in [6, 6.07) is 13.0. The normalized spacial score (nSPS) is 15.5. The van der Waals surface area contributed by atoms with Gasteiger partial charge in [0.2, 0.25) is 0 Å². The zero-order chi connectivity index (χ0) is 13.9. The van der Waals surface area contributed by atoms with Crippen LogP contribution in [0.1, 0.15) is 29.7 Å². The second-order valence-electron chi connectivity index (χ2n) is 5.13. The molecule has 2 aromatic carbocycles. The first kappa shape index (κ1) is 13.1. The second-order valence-corrected chi connectivity index (χ2v) is 5.13. The van der Waals surface area contributed by atoms with Crippen molar-refractivity contribution in [3.05, 3.63) is 65.0 Å². The van der Waals surface area contributed by atoms with E-state index in [0.29, 0.717) is 12.2 Å². The molecular weight excluding hydrogens is 253 g/mol. The van der Waals surface area contributed by atoms with E-state index in [4.69, 9.17) is 4.74 Å². The molecule has 3 heteroatoms. The number of halogens is 1. The van der Waals surface area contributed by atoms with Gasteiger partial charge in [-0.1, -0.05) is 30.3 Å². The molecule has 1 unspecified atom stereocenters. The highest BCUT2D eigenvalue weighted by atomic mass is 19.1. The first-order valence-electron chi connectivity index (χ1n) is 6.95. The van der Waals surface area contributed by atoms with Gasteiger partial charge in [0.25, 0.3) is 0 Å². The Balaban J connectivity index is 1.86. The molecule has 0 spiro atoms. The van der Waals surface area contributed by atoms with Gasteiger partial charge >= 0.3 is 0 Å². The van der Waals surface area contributed by atoms with Gasteiger partial charge in [-0.3, -0.25) is 0 Å². The molecule has 1 heterocycles. The minimum absolute atomic E-state index is 0.0643. The Morgan fingerprint density at radius 3 is 2.85 bits per heavy atom. The molecule has 0 aliphatic carbocycles. The molecule has 0 radical (unpaired) electrons. The van der Waals surface area contributed by atoms with Gasteiger partial charge in [0.05, 0.1) is 19.3 Å². The molecule has 0 fully saturated rings. The van der Waals surface area contributed by atoms with E-state index in [9.17, 15) is 4.39 Å². The average Bonchev–Trinajstić information content (AvgIpc) is 2.48. The lowest BCUT2D eigenvalue weighted by Gasteiger charge is -2.23. The largest absolute Gasteiger partial charge is 0.378 e. The third-order valence-corrected chi connectivity index (χ3v) is 3.77. The van der Waals surface area contributed by atoms with Gasteiger partial charge in [-0.2, -0.15) is 0 Å². The highest BCUT2D eigenvalue weighted by Crippen LogP contribution is 2.28. The molecule has 0 bridgehead atoms. The number of rotatable bonds is 3. The van der Waals surface area contributed by atoms with Crippen molar-refractivity contribution in [1.82, 2.24) is 0 Å². The zero-order valence-electron chi connectivity index (χ0n) is 11.5. The number of nitrogens with one attached hydrogen (secondary N) is 1. The van der Waals surface area contributed by atoms with E-state index >= 15 is 0 Å². The first-order valence-corrected chi connectivity index (χ1v) is 6.95. The molecule has 1 N–H and O–H groups in total. The first-order chi connectivity index (χ1) is 9.75. The molecule has 0 aromatic heterocycles. The van der Waals surface area contributed by atoms with Crippen molar-refractivity contribution in [2.24, 2.45) is 0 Å². The number of anilines is 1. The van der Waals surface area contributed by atoms with Gasteiger partial charge in [-0.15, -0.1) is 0 Å². The molecule has 2 aromatic rings. The Kier molecular flexibility index (Phi) is 3.70. The third kappa shape index (κ3) is 2.54. The van der Waals surface area contributed by atoms with Crippen LogP contribution in [-0.2, 0) is 17.8 Å². The highest BCUT2D eigenvalue weighted by molar-refractivity contribution is 5.56. The molecular formula is C17H18FNO. The molecule has 3 rings (SSSR count). The smallest absolute Gasteiger partial charge is 0.128 e. The molecule has 1 atom stereocenters. The van der Waals surface area contributed by atoms with E-state index in [0.717, 1.165) is 18.7 Å². The number of benzene rings is 2. The third-order valence-electron chi connectivity index (χ3n) is 3.77. The van der Waals surface area contributed by atoms with E-state index in [1.807, 2.05) is 25.1 Å². The van der Waals surface area contributed by atoms with Crippen LogP contribution in [-0.4, -0.2) is 6.61 Å². The lowest BCUT2D eigenvalue weighted by molar-refractivity contribution is 0.111. The van der Waals surface area contributed by atoms with Crippen molar-refractivity contribution in [2.75, 3.05) is 11.9 Å². The fourth-order valence-corrected chi connectivity index (χ4v) is 2.69. The molecule has 104 valence electrons. The molecule has 0 saturated carbocycles. The predicted octanol–water partition coefficient (Wildman–Crippen LogP) is 4.07. The van der Waals surface area contributed by atoms with Crippen LogP contribution in [0, 0.1) is 5.82 Å². The predicted molar refractivity (Wildman–Crippen MR) is 78.2 cm³/mol. The fraction of sp³-hybridized carbons (Fsp3) is 0.294. The second kappa shape index (κ2) is 5.63. The Morgan fingerprint density at radius 1 is 1.15 bits per heavy atom. The van der Waals surface area contributed by atoms with Crippen LogP contribution in [0.5, 0.6) is 0 Å². The lowest BCUT2D eigenvalue weighted by atomic mass is 10.00. The maximum atomic E-state index is 13.8. The maximum Gasteiger partial charge on any atom is 0.128 e. The van der Waals surface area contributed by atoms with Crippen LogP contribution in [0.25, 0.3) is 0 Å². The minimum atomic E-state index is -0.166. The van der Waals surface area contributed by atoms with Crippen LogP contribution in [0.15, 0.2) is 42.5 Å². The molecule has 1 aliphatic heterocycles. The summed E-state index contributed by atoms with van der Waals surface area (Å²) in [4.78, 5) is 0. The van der Waals surface area contributed by atoms with Crippen LogP contribution in [0.4, 0.5) is 10.1 Å². The molecule has 2 nitrogen and oxygen atoms in total. The summed E-state index contributed by atoms with van der Waals surface area (Å²) >= 11 is 0. The summed E-state index contributed by atoms with van der Waals surface area (Å²) in [7, 11) is 0. The van der Waals surface area contributed by atoms with Gasteiger partial charge in [0.1, 0.15) is 5.82 Å². The number of fused-ring (bicyclic) bond motifs is 1. The van der Waals surface area contributed by atoms with Gasteiger partial charge in [0.15, 0.2) is 0 Å². The highest BCUT2D eigenvalue weighted by Gasteiger charge is 2.16. The Hall–Kier alpha value is -1.87. The standard InChI is InChI=1S/C17H18FNO/c1-12(14-6-2-3-7-16(14)18)19-17-8-4-5-13-11-20-10-9-15(13)17/h2-8,12,19H,9-11H2,1H3. The van der Waals surface area contributed by atoms with Gasteiger partial charge in [0, 0.05) is 11.3 Å². The minimum Gasteiger partial charge on any atom is -0.378 e. The van der Waals surface area contributed by atoms with E-state index in [1.54, 1.807) is 6.07 Å². The summed E-state index contributed by atoms with van der Waals surface area (Å²) in [5.74, 6) is -0.166. The Morgan fingerprint density at radius 2 is 2.00 bits per heavy atom. The van der Waals surface area contributed by atoms with Crippen molar-refractivity contribution in [3.63, 3.8) is 0 Å². The number of hydrogen-bond acceptors (Lipinski definition) is 2. The van der Waals surface area contributed by atoms with Crippen LogP contribution < -0.4 is 5.32 Å². The topological polar surface area (TPSA) is 21.3 Å².